The van der Waals surface area contributed by atoms with Gasteiger partial charge in [0.1, 0.15) is 0 Å². The standard InChI is InChI=1S/C18H23NO4/c1-3-23-16-10-12(8-9-15(16)22-2)11-19-17(20)13-6-4-5-7-14(13)18(19)21/h8-10,13-14H,3-7,11H2,1-2H3. The van der Waals surface area contributed by atoms with Gasteiger partial charge in [0, 0.05) is 0 Å². The van der Waals surface area contributed by atoms with Gasteiger partial charge in [-0.1, -0.05) is 18.9 Å². The Bertz CT molecular complexity index is 589. The Morgan fingerprint density at radius 1 is 1.09 bits per heavy atom. The zero-order valence-corrected chi connectivity index (χ0v) is 13.7. The number of likely N-dealkylation sites (tertiary alicyclic amines) is 1. The molecule has 2 atom stereocenters. The highest BCUT2D eigenvalue weighted by Crippen LogP contribution is 2.39. The Morgan fingerprint density at radius 3 is 2.30 bits per heavy atom. The molecular weight excluding hydrogens is 294 g/mol. The monoisotopic (exact) mass is 317 g/mol. The van der Waals surface area contributed by atoms with Crippen LogP contribution in [0.1, 0.15) is 38.2 Å². The maximum Gasteiger partial charge on any atom is 0.233 e. The molecule has 2 aliphatic rings. The summed E-state index contributed by atoms with van der Waals surface area (Å²) >= 11 is 0. The van der Waals surface area contributed by atoms with Gasteiger partial charge in [-0.25, -0.2) is 0 Å². The third-order valence-corrected chi connectivity index (χ3v) is 4.80. The molecule has 0 radical (unpaired) electrons. The van der Waals surface area contributed by atoms with Crippen LogP contribution in [0.25, 0.3) is 0 Å². The minimum atomic E-state index is -0.0964. The minimum Gasteiger partial charge on any atom is -0.493 e. The number of imide groups is 1. The van der Waals surface area contributed by atoms with Crippen molar-refractivity contribution in [3.63, 3.8) is 0 Å². The number of amides is 2. The van der Waals surface area contributed by atoms with E-state index < -0.39 is 0 Å². The lowest BCUT2D eigenvalue weighted by atomic mass is 9.81. The van der Waals surface area contributed by atoms with Crippen LogP contribution in [0.3, 0.4) is 0 Å². The zero-order chi connectivity index (χ0) is 16.4. The van der Waals surface area contributed by atoms with Crippen molar-refractivity contribution in [2.75, 3.05) is 13.7 Å². The maximum atomic E-state index is 12.5. The van der Waals surface area contributed by atoms with Crippen LogP contribution in [0.4, 0.5) is 0 Å². The van der Waals surface area contributed by atoms with E-state index in [4.69, 9.17) is 9.47 Å². The quantitative estimate of drug-likeness (QED) is 0.784. The molecule has 3 rings (SSSR count). The second-order valence-corrected chi connectivity index (χ2v) is 6.18. The summed E-state index contributed by atoms with van der Waals surface area (Å²) in [4.78, 5) is 26.5. The average Bonchev–Trinajstić information content (AvgIpc) is 2.81. The number of hydrogen-bond acceptors (Lipinski definition) is 4. The first kappa shape index (κ1) is 15.8. The molecule has 0 spiro atoms. The van der Waals surface area contributed by atoms with Gasteiger partial charge in [-0.05, 0) is 37.5 Å². The van der Waals surface area contributed by atoms with E-state index in [1.165, 1.54) is 4.90 Å². The van der Waals surface area contributed by atoms with Crippen molar-refractivity contribution >= 4 is 11.8 Å². The number of benzene rings is 1. The van der Waals surface area contributed by atoms with Crippen molar-refractivity contribution in [1.82, 2.24) is 4.90 Å². The molecule has 5 nitrogen and oxygen atoms in total. The van der Waals surface area contributed by atoms with Crippen molar-refractivity contribution in [1.29, 1.82) is 0 Å². The second kappa shape index (κ2) is 6.60. The van der Waals surface area contributed by atoms with E-state index in [2.05, 4.69) is 0 Å². The normalized spacial score (nSPS) is 23.8. The fraction of sp³-hybridized carbons (Fsp3) is 0.556. The van der Waals surface area contributed by atoms with Crippen LogP contribution >= 0.6 is 0 Å². The molecule has 1 aromatic rings. The fourth-order valence-electron chi connectivity index (χ4n) is 3.66. The van der Waals surface area contributed by atoms with Crippen LogP contribution in [-0.4, -0.2) is 30.4 Å². The third kappa shape index (κ3) is 2.92. The lowest BCUT2D eigenvalue weighted by Gasteiger charge is -2.19. The summed E-state index contributed by atoms with van der Waals surface area (Å²) in [6, 6.07) is 5.55. The van der Waals surface area contributed by atoms with Gasteiger partial charge in [0.25, 0.3) is 0 Å². The molecule has 2 fully saturated rings. The summed E-state index contributed by atoms with van der Waals surface area (Å²) in [5, 5.41) is 0. The molecule has 1 aromatic carbocycles. The van der Waals surface area contributed by atoms with Crippen molar-refractivity contribution < 1.29 is 19.1 Å². The minimum absolute atomic E-state index is 0.00604. The van der Waals surface area contributed by atoms with Gasteiger partial charge in [-0.2, -0.15) is 0 Å². The summed E-state index contributed by atoms with van der Waals surface area (Å²) in [6.45, 7) is 2.75. The van der Waals surface area contributed by atoms with Gasteiger partial charge in [0.15, 0.2) is 11.5 Å². The smallest absolute Gasteiger partial charge is 0.233 e. The number of fused-ring (bicyclic) bond motifs is 1. The van der Waals surface area contributed by atoms with Gasteiger partial charge in [0.05, 0.1) is 32.1 Å². The van der Waals surface area contributed by atoms with Gasteiger partial charge >= 0.3 is 0 Å². The number of hydrogen-bond donors (Lipinski definition) is 0. The lowest BCUT2D eigenvalue weighted by Crippen LogP contribution is -2.30. The van der Waals surface area contributed by atoms with Crippen LogP contribution < -0.4 is 9.47 Å². The van der Waals surface area contributed by atoms with Gasteiger partial charge in [-0.3, -0.25) is 14.5 Å². The van der Waals surface area contributed by atoms with E-state index in [1.54, 1.807) is 7.11 Å². The summed E-state index contributed by atoms with van der Waals surface area (Å²) < 4.78 is 10.8. The molecule has 1 aliphatic heterocycles. The van der Waals surface area contributed by atoms with E-state index in [1.807, 2.05) is 25.1 Å². The van der Waals surface area contributed by atoms with Crippen molar-refractivity contribution in [2.24, 2.45) is 11.8 Å². The SMILES string of the molecule is CCOc1cc(CN2C(=O)C3CCCCC3C2=O)ccc1OC. The molecule has 0 aromatic heterocycles. The second-order valence-electron chi connectivity index (χ2n) is 6.18. The Labute approximate surface area is 136 Å². The summed E-state index contributed by atoms with van der Waals surface area (Å²) in [7, 11) is 1.59. The number of rotatable bonds is 5. The van der Waals surface area contributed by atoms with Crippen LogP contribution in [0.5, 0.6) is 11.5 Å². The number of carbonyl (C=O) groups excluding carboxylic acids is 2. The predicted molar refractivity (Wildman–Crippen MR) is 85.2 cm³/mol. The molecule has 2 amide bonds. The number of ether oxygens (including phenoxy) is 2. The van der Waals surface area contributed by atoms with Crippen LogP contribution in [0.2, 0.25) is 0 Å². The Kier molecular flexibility index (Phi) is 4.55. The zero-order valence-electron chi connectivity index (χ0n) is 13.7. The molecule has 0 bridgehead atoms. The van der Waals surface area contributed by atoms with E-state index in [9.17, 15) is 9.59 Å². The van der Waals surface area contributed by atoms with Gasteiger partial charge in [-0.15, -0.1) is 0 Å². The Hall–Kier alpha value is -2.04. The average molecular weight is 317 g/mol. The highest BCUT2D eigenvalue weighted by Gasteiger charge is 2.47. The van der Waals surface area contributed by atoms with Crippen LogP contribution in [0.15, 0.2) is 18.2 Å². The molecule has 1 saturated carbocycles. The summed E-state index contributed by atoms with van der Waals surface area (Å²) in [5.74, 6) is 1.09. The van der Waals surface area contributed by atoms with Gasteiger partial charge in [0.2, 0.25) is 11.8 Å². The Morgan fingerprint density at radius 2 is 1.74 bits per heavy atom. The molecule has 124 valence electrons. The van der Waals surface area contributed by atoms with Crippen LogP contribution in [-0.2, 0) is 16.1 Å². The number of carbonyl (C=O) groups is 2. The predicted octanol–water partition coefficient (Wildman–Crippen LogP) is 2.77. The first-order valence-electron chi connectivity index (χ1n) is 8.30. The molecule has 0 N–H and O–H groups in total. The topological polar surface area (TPSA) is 55.8 Å². The molecule has 1 aliphatic carbocycles. The van der Waals surface area contributed by atoms with E-state index >= 15 is 0 Å². The first-order chi connectivity index (χ1) is 11.2. The lowest BCUT2D eigenvalue weighted by molar-refractivity contribution is -0.140. The highest BCUT2D eigenvalue weighted by molar-refractivity contribution is 6.05. The van der Waals surface area contributed by atoms with Crippen LogP contribution in [0, 0.1) is 11.8 Å². The first-order valence-corrected chi connectivity index (χ1v) is 8.30. The van der Waals surface area contributed by atoms with Gasteiger partial charge < -0.3 is 9.47 Å². The Balaban J connectivity index is 1.80. The van der Waals surface area contributed by atoms with E-state index in [-0.39, 0.29) is 23.7 Å². The number of nitrogens with zero attached hydrogens (tertiary/aromatic N) is 1. The molecule has 1 saturated heterocycles. The molecular formula is C18H23NO4. The van der Waals surface area contributed by atoms with E-state index in [0.717, 1.165) is 31.2 Å². The fourth-order valence-corrected chi connectivity index (χ4v) is 3.66. The van der Waals surface area contributed by atoms with Crippen molar-refractivity contribution in [3.8, 4) is 11.5 Å². The highest BCUT2D eigenvalue weighted by atomic mass is 16.5. The molecule has 23 heavy (non-hydrogen) atoms. The third-order valence-electron chi connectivity index (χ3n) is 4.80. The van der Waals surface area contributed by atoms with E-state index in [0.29, 0.717) is 24.7 Å². The van der Waals surface area contributed by atoms with Crippen molar-refractivity contribution in [3.05, 3.63) is 23.8 Å². The summed E-state index contributed by atoms with van der Waals surface area (Å²) in [5.41, 5.74) is 0.884. The molecule has 1 heterocycles. The largest absolute Gasteiger partial charge is 0.493 e. The van der Waals surface area contributed by atoms with Crippen molar-refractivity contribution in [2.45, 2.75) is 39.2 Å². The number of methoxy groups -OCH3 is 1. The maximum absolute atomic E-state index is 12.5. The molecule has 2 unspecified atom stereocenters. The molecule has 5 heteroatoms. The summed E-state index contributed by atoms with van der Waals surface area (Å²) in [6.07, 6.45) is 3.78.